The largest absolute Gasteiger partial charge is 0.480 e. The minimum Gasteiger partial charge on any atom is -0.480 e. The van der Waals surface area contributed by atoms with Crippen LogP contribution in [0.4, 0.5) is 0 Å². The van der Waals surface area contributed by atoms with Crippen LogP contribution < -0.4 is 5.32 Å². The number of carboxylic acid groups (broad SMARTS) is 1. The molecular formula is C17H24N2O4. The smallest absolute Gasteiger partial charge is 0.327 e. The Morgan fingerprint density at radius 1 is 1.26 bits per heavy atom. The van der Waals surface area contributed by atoms with Crippen molar-refractivity contribution in [1.29, 1.82) is 0 Å². The standard InChI is InChI=1S/C17H24N2O4/c1-17(2,3)16-18-13(20)8-12(15(22)23)19(16)14(21)11-7-9-4-5-10(11)6-9/h4-5,9-12,16H,6-8H2,1-3H3,(H,18,20)(H,22,23)/t9?,10?,11?,12-,16-/m0/s1. The van der Waals surface area contributed by atoms with Gasteiger partial charge in [0, 0.05) is 11.3 Å². The fourth-order valence-electron chi connectivity index (χ4n) is 4.11. The van der Waals surface area contributed by atoms with Crippen LogP contribution in [-0.2, 0) is 14.4 Å². The van der Waals surface area contributed by atoms with Gasteiger partial charge in [0.2, 0.25) is 11.8 Å². The molecule has 3 rings (SSSR count). The van der Waals surface area contributed by atoms with Gasteiger partial charge in [-0.1, -0.05) is 32.9 Å². The first-order chi connectivity index (χ1) is 10.7. The number of rotatable bonds is 2. The third kappa shape index (κ3) is 2.75. The molecule has 1 saturated carbocycles. The number of carboxylic acids is 1. The Morgan fingerprint density at radius 2 is 1.96 bits per heavy atom. The van der Waals surface area contributed by atoms with Crippen molar-refractivity contribution in [3.63, 3.8) is 0 Å². The molecule has 2 aliphatic carbocycles. The SMILES string of the molecule is CC(C)(C)[C@H]1NC(=O)C[C@@H](C(=O)O)N1C(=O)C1CC2C=CC1C2. The molecule has 2 fully saturated rings. The Kier molecular flexibility index (Phi) is 3.73. The molecule has 1 saturated heterocycles. The summed E-state index contributed by atoms with van der Waals surface area (Å²) in [5, 5.41) is 12.4. The summed E-state index contributed by atoms with van der Waals surface area (Å²) in [6, 6.07) is -1.08. The van der Waals surface area contributed by atoms with Crippen LogP contribution in [0.25, 0.3) is 0 Å². The van der Waals surface area contributed by atoms with Gasteiger partial charge in [-0.15, -0.1) is 0 Å². The van der Waals surface area contributed by atoms with Crippen molar-refractivity contribution in [1.82, 2.24) is 10.2 Å². The van der Waals surface area contributed by atoms with Gasteiger partial charge in [0.1, 0.15) is 12.2 Å². The lowest BCUT2D eigenvalue weighted by molar-refractivity contribution is -0.165. The van der Waals surface area contributed by atoms with E-state index in [1.165, 1.54) is 4.90 Å². The zero-order chi connectivity index (χ0) is 16.9. The fourth-order valence-corrected chi connectivity index (χ4v) is 4.11. The predicted molar refractivity (Wildman–Crippen MR) is 83.1 cm³/mol. The summed E-state index contributed by atoms with van der Waals surface area (Å²) in [4.78, 5) is 38.2. The third-order valence-corrected chi connectivity index (χ3v) is 5.25. The summed E-state index contributed by atoms with van der Waals surface area (Å²) in [5.74, 6) is -1.07. The Morgan fingerprint density at radius 3 is 2.43 bits per heavy atom. The number of aliphatic carboxylic acids is 1. The second-order valence-electron chi connectivity index (χ2n) is 8.03. The van der Waals surface area contributed by atoms with Crippen molar-refractivity contribution >= 4 is 17.8 Å². The molecule has 3 aliphatic rings. The monoisotopic (exact) mass is 320 g/mol. The zero-order valence-corrected chi connectivity index (χ0v) is 13.8. The maximum absolute atomic E-state index is 13.1. The van der Waals surface area contributed by atoms with Crippen LogP contribution in [0.1, 0.15) is 40.0 Å². The second-order valence-corrected chi connectivity index (χ2v) is 8.03. The molecule has 2 bridgehead atoms. The maximum atomic E-state index is 13.1. The first-order valence-electron chi connectivity index (χ1n) is 8.21. The molecule has 6 nitrogen and oxygen atoms in total. The minimum absolute atomic E-state index is 0.130. The molecule has 0 spiro atoms. The summed E-state index contributed by atoms with van der Waals surface area (Å²) in [5.41, 5.74) is -0.438. The molecule has 3 unspecified atom stereocenters. The van der Waals surface area contributed by atoms with Gasteiger partial charge in [0.25, 0.3) is 0 Å². The molecule has 0 aromatic heterocycles. The quantitative estimate of drug-likeness (QED) is 0.752. The van der Waals surface area contributed by atoms with Gasteiger partial charge >= 0.3 is 5.97 Å². The van der Waals surface area contributed by atoms with Gasteiger partial charge in [-0.3, -0.25) is 9.59 Å². The topological polar surface area (TPSA) is 86.7 Å². The molecular weight excluding hydrogens is 296 g/mol. The van der Waals surface area contributed by atoms with Crippen molar-refractivity contribution in [2.75, 3.05) is 0 Å². The number of allylic oxidation sites excluding steroid dienone is 2. The first-order valence-corrected chi connectivity index (χ1v) is 8.21. The third-order valence-electron chi connectivity index (χ3n) is 5.25. The van der Waals surface area contributed by atoms with Gasteiger partial charge < -0.3 is 15.3 Å². The highest BCUT2D eigenvalue weighted by Crippen LogP contribution is 2.45. The van der Waals surface area contributed by atoms with E-state index in [9.17, 15) is 19.5 Å². The van der Waals surface area contributed by atoms with E-state index >= 15 is 0 Å². The number of carbonyl (C=O) groups is 3. The van der Waals surface area contributed by atoms with Crippen molar-refractivity contribution in [3.8, 4) is 0 Å². The Balaban J connectivity index is 1.92. The molecule has 5 atom stereocenters. The number of hydrogen-bond donors (Lipinski definition) is 2. The van der Waals surface area contributed by atoms with Gasteiger partial charge in [0.05, 0.1) is 6.42 Å². The number of amides is 2. The Hall–Kier alpha value is -1.85. The molecule has 2 amide bonds. The fraction of sp³-hybridized carbons (Fsp3) is 0.706. The van der Waals surface area contributed by atoms with Crippen LogP contribution in [0, 0.1) is 23.2 Å². The average Bonchev–Trinajstić information content (AvgIpc) is 3.07. The highest BCUT2D eigenvalue weighted by Gasteiger charge is 2.50. The highest BCUT2D eigenvalue weighted by molar-refractivity contribution is 5.92. The van der Waals surface area contributed by atoms with Gasteiger partial charge in [0.15, 0.2) is 0 Å². The van der Waals surface area contributed by atoms with Gasteiger partial charge in [-0.2, -0.15) is 0 Å². The molecule has 1 heterocycles. The molecule has 6 heteroatoms. The Bertz CT molecular complexity index is 578. The van der Waals surface area contributed by atoms with E-state index in [-0.39, 0.29) is 30.1 Å². The Labute approximate surface area is 135 Å². The molecule has 1 aliphatic heterocycles. The lowest BCUT2D eigenvalue weighted by atomic mass is 9.85. The molecule has 126 valence electrons. The molecule has 0 radical (unpaired) electrons. The average molecular weight is 320 g/mol. The molecule has 23 heavy (non-hydrogen) atoms. The minimum atomic E-state index is -1.11. The lowest BCUT2D eigenvalue weighted by Gasteiger charge is -2.47. The lowest BCUT2D eigenvalue weighted by Crippen LogP contribution is -2.67. The van der Waals surface area contributed by atoms with Crippen molar-refractivity contribution in [3.05, 3.63) is 12.2 Å². The van der Waals surface area contributed by atoms with Crippen LogP contribution in [0.15, 0.2) is 12.2 Å². The van der Waals surface area contributed by atoms with E-state index in [0.717, 1.165) is 12.8 Å². The summed E-state index contributed by atoms with van der Waals surface area (Å²) >= 11 is 0. The van der Waals surface area contributed by atoms with Crippen LogP contribution >= 0.6 is 0 Å². The maximum Gasteiger partial charge on any atom is 0.327 e. The van der Waals surface area contributed by atoms with E-state index in [0.29, 0.717) is 5.92 Å². The zero-order valence-electron chi connectivity index (χ0n) is 13.8. The number of fused-ring (bicyclic) bond motifs is 2. The predicted octanol–water partition coefficient (Wildman–Crippen LogP) is 1.37. The van der Waals surface area contributed by atoms with E-state index in [1.54, 1.807) is 0 Å². The summed E-state index contributed by atoms with van der Waals surface area (Å²) in [6.07, 6.45) is 5.23. The van der Waals surface area contributed by atoms with Crippen molar-refractivity contribution in [2.24, 2.45) is 23.2 Å². The number of hydrogen-bond acceptors (Lipinski definition) is 3. The summed E-state index contributed by atoms with van der Waals surface area (Å²) in [7, 11) is 0. The summed E-state index contributed by atoms with van der Waals surface area (Å²) in [6.45, 7) is 5.72. The van der Waals surface area contributed by atoms with Gasteiger partial charge in [-0.25, -0.2) is 4.79 Å². The molecule has 0 aromatic rings. The van der Waals surface area contributed by atoms with Gasteiger partial charge in [-0.05, 0) is 24.7 Å². The van der Waals surface area contributed by atoms with E-state index in [2.05, 4.69) is 17.5 Å². The van der Waals surface area contributed by atoms with Crippen LogP contribution in [0.5, 0.6) is 0 Å². The van der Waals surface area contributed by atoms with E-state index in [4.69, 9.17) is 0 Å². The van der Waals surface area contributed by atoms with E-state index < -0.39 is 23.6 Å². The normalized spacial score (nSPS) is 36.2. The van der Waals surface area contributed by atoms with Crippen LogP contribution in [-0.4, -0.2) is 40.0 Å². The number of nitrogens with one attached hydrogen (secondary N) is 1. The number of nitrogens with zero attached hydrogens (tertiary/aromatic N) is 1. The van der Waals surface area contributed by atoms with Crippen LogP contribution in [0.3, 0.4) is 0 Å². The molecule has 0 aromatic carbocycles. The van der Waals surface area contributed by atoms with Crippen LogP contribution in [0.2, 0.25) is 0 Å². The second kappa shape index (κ2) is 5.35. The summed E-state index contributed by atoms with van der Waals surface area (Å²) < 4.78 is 0. The van der Waals surface area contributed by atoms with Crippen molar-refractivity contribution < 1.29 is 19.5 Å². The first kappa shape index (κ1) is 16.0. The highest BCUT2D eigenvalue weighted by atomic mass is 16.4. The molecule has 2 N–H and O–H groups in total. The van der Waals surface area contributed by atoms with Crippen molar-refractivity contribution in [2.45, 2.75) is 52.2 Å². The number of carbonyl (C=O) groups excluding carboxylic acids is 2. The van der Waals surface area contributed by atoms with E-state index in [1.807, 2.05) is 20.8 Å².